The molecular weight excluding hydrogens is 150 g/mol. The van der Waals surface area contributed by atoms with E-state index in [9.17, 15) is 0 Å². The summed E-state index contributed by atoms with van der Waals surface area (Å²) in [6.07, 6.45) is 9.49. The fourth-order valence-electron chi connectivity index (χ4n) is 1.62. The fourth-order valence-corrected chi connectivity index (χ4v) is 1.62. The molecule has 0 aliphatic heterocycles. The molecule has 2 rings (SSSR count). The van der Waals surface area contributed by atoms with Crippen LogP contribution < -0.4 is 5.73 Å². The van der Waals surface area contributed by atoms with Crippen molar-refractivity contribution in [1.82, 2.24) is 10.2 Å². The lowest BCUT2D eigenvalue weighted by Gasteiger charge is -2.09. The van der Waals surface area contributed by atoms with Gasteiger partial charge >= 0.3 is 0 Å². The molecule has 3 nitrogen and oxygen atoms in total. The lowest BCUT2D eigenvalue weighted by Crippen LogP contribution is -2.11. The summed E-state index contributed by atoms with van der Waals surface area (Å²) in [5, 5.41) is 6.66. The van der Waals surface area contributed by atoms with Gasteiger partial charge in [-0.05, 0) is 19.3 Å². The highest BCUT2D eigenvalue weighted by molar-refractivity contribution is 5.25. The summed E-state index contributed by atoms with van der Waals surface area (Å²) < 4.78 is 0. The predicted octanol–water partition coefficient (Wildman–Crippen LogP) is 1.52. The van der Waals surface area contributed by atoms with Crippen molar-refractivity contribution >= 4 is 0 Å². The molecule has 0 fully saturated rings. The quantitative estimate of drug-likeness (QED) is 0.649. The summed E-state index contributed by atoms with van der Waals surface area (Å²) in [6, 6.07) is 0.0613. The molecule has 1 atom stereocenters. The Morgan fingerprint density at radius 3 is 3.08 bits per heavy atom. The molecule has 0 saturated heterocycles. The van der Waals surface area contributed by atoms with Crippen LogP contribution in [0.4, 0.5) is 0 Å². The summed E-state index contributed by atoms with van der Waals surface area (Å²) in [6.45, 7) is 0. The van der Waals surface area contributed by atoms with E-state index in [1.54, 1.807) is 6.20 Å². The third kappa shape index (κ3) is 1.28. The Labute approximate surface area is 71.7 Å². The van der Waals surface area contributed by atoms with E-state index in [0.29, 0.717) is 0 Å². The molecule has 1 heterocycles. The molecule has 0 spiro atoms. The fraction of sp³-hybridized carbons (Fsp3) is 0.444. The summed E-state index contributed by atoms with van der Waals surface area (Å²) in [5.41, 5.74) is 8.46. The molecule has 1 aliphatic carbocycles. The highest BCUT2D eigenvalue weighted by Gasteiger charge is 2.14. The van der Waals surface area contributed by atoms with Gasteiger partial charge in [0.25, 0.3) is 0 Å². The summed E-state index contributed by atoms with van der Waals surface area (Å²) in [5.74, 6) is 0. The van der Waals surface area contributed by atoms with Gasteiger partial charge in [-0.15, -0.1) is 0 Å². The van der Waals surface area contributed by atoms with E-state index in [2.05, 4.69) is 16.3 Å². The van der Waals surface area contributed by atoms with Crippen LogP contribution in [-0.2, 0) is 0 Å². The van der Waals surface area contributed by atoms with Crippen molar-refractivity contribution < 1.29 is 0 Å². The second kappa shape index (κ2) is 3.11. The predicted molar refractivity (Wildman–Crippen MR) is 47.5 cm³/mol. The number of allylic oxidation sites excluding steroid dienone is 1. The lowest BCUT2D eigenvalue weighted by molar-refractivity contribution is 0.785. The van der Waals surface area contributed by atoms with Crippen molar-refractivity contribution in [2.24, 2.45) is 5.73 Å². The number of nitrogens with two attached hydrogens (primary N) is 1. The number of aromatic nitrogens is 2. The zero-order valence-electron chi connectivity index (χ0n) is 6.96. The largest absolute Gasteiger partial charge is 0.320 e. The minimum atomic E-state index is 0.0613. The smallest absolute Gasteiger partial charge is 0.0542 e. The number of nitrogens with zero attached hydrogens (tertiary/aromatic N) is 1. The van der Waals surface area contributed by atoms with Gasteiger partial charge in [0.1, 0.15) is 0 Å². The first-order valence-electron chi connectivity index (χ1n) is 4.31. The van der Waals surface area contributed by atoms with Gasteiger partial charge < -0.3 is 5.73 Å². The minimum absolute atomic E-state index is 0.0613. The first-order valence-corrected chi connectivity index (χ1v) is 4.31. The Balaban J connectivity index is 2.14. The molecule has 3 heteroatoms. The van der Waals surface area contributed by atoms with E-state index in [0.717, 1.165) is 12.0 Å². The average Bonchev–Trinajstić information content (AvgIpc) is 2.77. The monoisotopic (exact) mass is 163 g/mol. The number of nitrogens with one attached hydrogen (secondary N) is 1. The van der Waals surface area contributed by atoms with Gasteiger partial charge in [0, 0.05) is 11.8 Å². The van der Waals surface area contributed by atoms with Crippen molar-refractivity contribution in [1.29, 1.82) is 0 Å². The molecule has 64 valence electrons. The zero-order valence-corrected chi connectivity index (χ0v) is 6.96. The Kier molecular flexibility index (Phi) is 1.96. The second-order valence-corrected chi connectivity index (χ2v) is 3.18. The molecule has 3 N–H and O–H groups in total. The van der Waals surface area contributed by atoms with E-state index in [1.807, 2.05) is 6.20 Å². The highest BCUT2D eigenvalue weighted by Crippen LogP contribution is 2.27. The van der Waals surface area contributed by atoms with Crippen LogP contribution in [-0.4, -0.2) is 10.2 Å². The molecule has 1 aromatic rings. The molecule has 1 aliphatic rings. The van der Waals surface area contributed by atoms with Gasteiger partial charge in [-0.1, -0.05) is 11.6 Å². The number of rotatable bonds is 2. The minimum Gasteiger partial charge on any atom is -0.320 e. The lowest BCUT2D eigenvalue weighted by atomic mass is 10.0. The van der Waals surface area contributed by atoms with Gasteiger partial charge in [0.15, 0.2) is 0 Å². The Bertz CT molecular complexity index is 274. The Morgan fingerprint density at radius 1 is 1.58 bits per heavy atom. The third-order valence-electron chi connectivity index (χ3n) is 2.35. The standard InChI is InChI=1S/C9H13N3/c10-9(7-3-1-2-4-7)8-5-11-12-6-8/h3,5-6,9H,1-2,4,10H2,(H,11,12). The Hall–Kier alpha value is -1.09. The molecule has 0 radical (unpaired) electrons. The van der Waals surface area contributed by atoms with E-state index in [1.165, 1.54) is 18.4 Å². The van der Waals surface area contributed by atoms with Crippen molar-refractivity contribution in [3.05, 3.63) is 29.6 Å². The first kappa shape index (κ1) is 7.55. The SMILES string of the molecule is NC(C1=CCCC1)c1cn[nH]c1. The average molecular weight is 163 g/mol. The van der Waals surface area contributed by atoms with E-state index < -0.39 is 0 Å². The highest BCUT2D eigenvalue weighted by atomic mass is 15.1. The zero-order chi connectivity index (χ0) is 8.39. The van der Waals surface area contributed by atoms with E-state index >= 15 is 0 Å². The van der Waals surface area contributed by atoms with Gasteiger partial charge in [-0.3, -0.25) is 5.10 Å². The van der Waals surface area contributed by atoms with Crippen LogP contribution in [0.3, 0.4) is 0 Å². The van der Waals surface area contributed by atoms with E-state index in [-0.39, 0.29) is 6.04 Å². The molecule has 0 bridgehead atoms. The maximum absolute atomic E-state index is 6.02. The van der Waals surface area contributed by atoms with Gasteiger partial charge in [-0.2, -0.15) is 5.10 Å². The van der Waals surface area contributed by atoms with Crippen molar-refractivity contribution in [3.8, 4) is 0 Å². The van der Waals surface area contributed by atoms with Crippen LogP contribution in [0.1, 0.15) is 30.9 Å². The van der Waals surface area contributed by atoms with Gasteiger partial charge in [0.2, 0.25) is 0 Å². The molecular formula is C9H13N3. The topological polar surface area (TPSA) is 54.7 Å². The molecule has 1 unspecified atom stereocenters. The second-order valence-electron chi connectivity index (χ2n) is 3.18. The maximum Gasteiger partial charge on any atom is 0.0542 e. The molecule has 0 saturated carbocycles. The first-order chi connectivity index (χ1) is 5.88. The summed E-state index contributed by atoms with van der Waals surface area (Å²) in [4.78, 5) is 0. The van der Waals surface area contributed by atoms with Crippen LogP contribution in [0.25, 0.3) is 0 Å². The van der Waals surface area contributed by atoms with Crippen LogP contribution >= 0.6 is 0 Å². The van der Waals surface area contributed by atoms with Gasteiger partial charge in [-0.25, -0.2) is 0 Å². The molecule has 0 aromatic carbocycles. The third-order valence-corrected chi connectivity index (χ3v) is 2.35. The van der Waals surface area contributed by atoms with Crippen LogP contribution in [0, 0.1) is 0 Å². The van der Waals surface area contributed by atoms with E-state index in [4.69, 9.17) is 5.73 Å². The number of aromatic amines is 1. The van der Waals surface area contributed by atoms with Crippen LogP contribution in [0.15, 0.2) is 24.0 Å². The Morgan fingerprint density at radius 2 is 2.50 bits per heavy atom. The molecule has 12 heavy (non-hydrogen) atoms. The van der Waals surface area contributed by atoms with Crippen molar-refractivity contribution in [3.63, 3.8) is 0 Å². The number of H-pyrrole nitrogens is 1. The van der Waals surface area contributed by atoms with Crippen molar-refractivity contribution in [2.45, 2.75) is 25.3 Å². The maximum atomic E-state index is 6.02. The normalized spacial score (nSPS) is 19.2. The van der Waals surface area contributed by atoms with Crippen molar-refractivity contribution in [2.75, 3.05) is 0 Å². The summed E-state index contributed by atoms with van der Waals surface area (Å²) in [7, 11) is 0. The van der Waals surface area contributed by atoms with Gasteiger partial charge in [0.05, 0.1) is 12.2 Å². The van der Waals surface area contributed by atoms with Crippen LogP contribution in [0.2, 0.25) is 0 Å². The molecule has 1 aromatic heterocycles. The van der Waals surface area contributed by atoms with Crippen LogP contribution in [0.5, 0.6) is 0 Å². The number of hydrogen-bond acceptors (Lipinski definition) is 2. The number of hydrogen-bond donors (Lipinski definition) is 2. The molecule has 0 amide bonds. The summed E-state index contributed by atoms with van der Waals surface area (Å²) >= 11 is 0.